The van der Waals surface area contributed by atoms with Crippen LogP contribution in [0.4, 0.5) is 0 Å². The molecule has 0 bridgehead atoms. The Bertz CT molecular complexity index is 292. The van der Waals surface area contributed by atoms with Crippen molar-refractivity contribution in [1.29, 1.82) is 0 Å². The topological polar surface area (TPSA) is 29.9 Å². The van der Waals surface area contributed by atoms with Crippen LogP contribution in [0.2, 0.25) is 0 Å². The van der Waals surface area contributed by atoms with E-state index >= 15 is 0 Å². The summed E-state index contributed by atoms with van der Waals surface area (Å²) in [6.45, 7) is 2.10. The van der Waals surface area contributed by atoms with Crippen LogP contribution < -0.4 is 5.32 Å². The van der Waals surface area contributed by atoms with Gasteiger partial charge in [0.25, 0.3) is 0 Å². The first-order valence-corrected chi connectivity index (χ1v) is 6.75. The monoisotopic (exact) mass is 225 g/mol. The highest BCUT2D eigenvalue weighted by molar-refractivity contribution is 7.99. The van der Waals surface area contributed by atoms with E-state index in [0.29, 0.717) is 0 Å². The second kappa shape index (κ2) is 5.56. The maximum atomic E-state index is 4.11. The van der Waals surface area contributed by atoms with E-state index in [4.69, 9.17) is 0 Å². The molecule has 1 aliphatic rings. The normalized spacial score (nSPS) is 18.2. The van der Waals surface area contributed by atoms with E-state index < -0.39 is 0 Å². The van der Waals surface area contributed by atoms with E-state index in [-0.39, 0.29) is 0 Å². The lowest BCUT2D eigenvalue weighted by molar-refractivity contribution is 0.444. The molecule has 0 aliphatic carbocycles. The summed E-state index contributed by atoms with van der Waals surface area (Å²) in [5.41, 5.74) is 1.26. The second-order valence-corrected chi connectivity index (χ2v) is 5.41. The van der Waals surface area contributed by atoms with Crippen LogP contribution in [0.3, 0.4) is 0 Å². The highest BCUT2D eigenvalue weighted by atomic mass is 32.2. The molecule has 3 nitrogen and oxygen atoms in total. The largest absolute Gasteiger partial charge is 0.337 e. The summed E-state index contributed by atoms with van der Waals surface area (Å²) in [6.07, 6.45) is 6.55. The molecular formula is C11H19N3S. The number of nitrogens with one attached hydrogen (secondary N) is 1. The van der Waals surface area contributed by atoms with Gasteiger partial charge in [0, 0.05) is 19.8 Å². The number of nitrogens with zero attached hydrogens (tertiary/aromatic N) is 2. The van der Waals surface area contributed by atoms with Gasteiger partial charge in [0.1, 0.15) is 0 Å². The molecule has 2 rings (SSSR count). The Morgan fingerprint density at radius 2 is 2.33 bits per heavy atom. The molecule has 1 aliphatic heterocycles. The molecule has 4 heteroatoms. The quantitative estimate of drug-likeness (QED) is 0.845. The van der Waals surface area contributed by atoms with Crippen molar-refractivity contribution in [3.63, 3.8) is 0 Å². The van der Waals surface area contributed by atoms with Crippen molar-refractivity contribution < 1.29 is 0 Å². The minimum absolute atomic E-state index is 0.888. The molecule has 84 valence electrons. The van der Waals surface area contributed by atoms with Crippen LogP contribution in [-0.2, 0) is 13.6 Å². The molecular weight excluding hydrogens is 206 g/mol. The van der Waals surface area contributed by atoms with Crippen molar-refractivity contribution in [3.05, 3.63) is 18.2 Å². The fourth-order valence-electron chi connectivity index (χ4n) is 1.91. The average Bonchev–Trinajstić information content (AvgIpc) is 2.66. The molecule has 1 fully saturated rings. The standard InChI is InChI=1S/C11H19N3S/c1-14-9-13-8-11(14)7-12-6-10-2-4-15-5-3-10/h8-10,12H,2-7H2,1H3. The first-order valence-electron chi connectivity index (χ1n) is 5.60. The zero-order valence-electron chi connectivity index (χ0n) is 9.28. The third kappa shape index (κ3) is 3.24. The Balaban J connectivity index is 1.68. The van der Waals surface area contributed by atoms with Gasteiger partial charge in [0.05, 0.1) is 12.0 Å². The van der Waals surface area contributed by atoms with Crippen LogP contribution in [-0.4, -0.2) is 27.6 Å². The minimum atomic E-state index is 0.888. The van der Waals surface area contributed by atoms with Crippen molar-refractivity contribution in [1.82, 2.24) is 14.9 Å². The van der Waals surface area contributed by atoms with Gasteiger partial charge < -0.3 is 9.88 Å². The van der Waals surface area contributed by atoms with Gasteiger partial charge in [-0.3, -0.25) is 0 Å². The summed E-state index contributed by atoms with van der Waals surface area (Å²) < 4.78 is 2.07. The van der Waals surface area contributed by atoms with Crippen LogP contribution in [0.25, 0.3) is 0 Å². The zero-order valence-corrected chi connectivity index (χ0v) is 10.1. The number of thioether (sulfide) groups is 1. The SMILES string of the molecule is Cn1cncc1CNCC1CCSCC1. The summed E-state index contributed by atoms with van der Waals surface area (Å²) in [4.78, 5) is 4.11. The summed E-state index contributed by atoms with van der Waals surface area (Å²) in [5, 5.41) is 3.53. The molecule has 1 aromatic heterocycles. The molecule has 1 N–H and O–H groups in total. The molecule has 1 aromatic rings. The fourth-order valence-corrected chi connectivity index (χ4v) is 3.11. The van der Waals surface area contributed by atoms with E-state index in [1.807, 2.05) is 19.6 Å². The van der Waals surface area contributed by atoms with Gasteiger partial charge in [-0.25, -0.2) is 4.98 Å². The van der Waals surface area contributed by atoms with Gasteiger partial charge in [0.15, 0.2) is 0 Å². The molecule has 0 saturated carbocycles. The molecule has 0 aromatic carbocycles. The molecule has 0 radical (unpaired) electrons. The van der Waals surface area contributed by atoms with Gasteiger partial charge in [0.2, 0.25) is 0 Å². The maximum Gasteiger partial charge on any atom is 0.0945 e. The van der Waals surface area contributed by atoms with Gasteiger partial charge in [-0.1, -0.05) is 0 Å². The minimum Gasteiger partial charge on any atom is -0.337 e. The van der Waals surface area contributed by atoms with E-state index in [2.05, 4.69) is 26.6 Å². The second-order valence-electron chi connectivity index (χ2n) is 4.18. The number of aromatic nitrogens is 2. The molecule has 15 heavy (non-hydrogen) atoms. The lowest BCUT2D eigenvalue weighted by atomic mass is 10.0. The third-order valence-corrected chi connectivity index (χ3v) is 4.05. The smallest absolute Gasteiger partial charge is 0.0945 e. The zero-order chi connectivity index (χ0) is 10.5. The third-order valence-electron chi connectivity index (χ3n) is 3.00. The van der Waals surface area contributed by atoms with E-state index in [1.54, 1.807) is 0 Å². The molecule has 0 unspecified atom stereocenters. The molecule has 0 atom stereocenters. The summed E-state index contributed by atoms with van der Waals surface area (Å²) in [5.74, 6) is 3.58. The first kappa shape index (κ1) is 11.0. The van der Waals surface area contributed by atoms with Crippen molar-refractivity contribution in [2.24, 2.45) is 13.0 Å². The van der Waals surface area contributed by atoms with Gasteiger partial charge in [-0.2, -0.15) is 11.8 Å². The Kier molecular flexibility index (Phi) is 4.09. The predicted octanol–water partition coefficient (Wildman–Crippen LogP) is 1.65. The highest BCUT2D eigenvalue weighted by Crippen LogP contribution is 2.21. The van der Waals surface area contributed by atoms with Crippen LogP contribution in [0.1, 0.15) is 18.5 Å². The highest BCUT2D eigenvalue weighted by Gasteiger charge is 2.12. The van der Waals surface area contributed by atoms with Crippen LogP contribution >= 0.6 is 11.8 Å². The lowest BCUT2D eigenvalue weighted by Gasteiger charge is -2.21. The van der Waals surface area contributed by atoms with Crippen LogP contribution in [0, 0.1) is 5.92 Å². The number of hydrogen-bond donors (Lipinski definition) is 1. The summed E-state index contributed by atoms with van der Waals surface area (Å²) in [6, 6.07) is 0. The first-order chi connectivity index (χ1) is 7.36. The van der Waals surface area contributed by atoms with Gasteiger partial charge in [-0.15, -0.1) is 0 Å². The molecule has 1 saturated heterocycles. The predicted molar refractivity (Wildman–Crippen MR) is 65.0 cm³/mol. The van der Waals surface area contributed by atoms with Gasteiger partial charge >= 0.3 is 0 Å². The summed E-state index contributed by atoms with van der Waals surface area (Å²) in [7, 11) is 2.04. The lowest BCUT2D eigenvalue weighted by Crippen LogP contribution is -2.25. The Morgan fingerprint density at radius 1 is 1.53 bits per heavy atom. The van der Waals surface area contributed by atoms with Crippen molar-refractivity contribution in [3.8, 4) is 0 Å². The van der Waals surface area contributed by atoms with E-state index in [1.165, 1.54) is 30.0 Å². The number of aryl methyl sites for hydroxylation is 1. The molecule has 0 amide bonds. The number of imidazole rings is 1. The Morgan fingerprint density at radius 3 is 3.00 bits per heavy atom. The Hall–Kier alpha value is -0.480. The molecule has 0 spiro atoms. The average molecular weight is 225 g/mol. The van der Waals surface area contributed by atoms with E-state index in [0.717, 1.165) is 19.0 Å². The van der Waals surface area contributed by atoms with Crippen molar-refractivity contribution in [2.45, 2.75) is 19.4 Å². The van der Waals surface area contributed by atoms with Crippen molar-refractivity contribution >= 4 is 11.8 Å². The summed E-state index contributed by atoms with van der Waals surface area (Å²) >= 11 is 2.09. The van der Waals surface area contributed by atoms with Crippen LogP contribution in [0.5, 0.6) is 0 Å². The fraction of sp³-hybridized carbons (Fsp3) is 0.727. The number of hydrogen-bond acceptors (Lipinski definition) is 3. The maximum absolute atomic E-state index is 4.11. The number of rotatable bonds is 4. The Labute approximate surface area is 95.7 Å². The van der Waals surface area contributed by atoms with Crippen LogP contribution in [0.15, 0.2) is 12.5 Å². The van der Waals surface area contributed by atoms with E-state index in [9.17, 15) is 0 Å². The molecule has 2 heterocycles. The van der Waals surface area contributed by atoms with Crippen molar-refractivity contribution in [2.75, 3.05) is 18.1 Å². The van der Waals surface area contributed by atoms with Gasteiger partial charge in [-0.05, 0) is 36.8 Å².